The Kier molecular flexibility index (Phi) is 30.8. The molecule has 726 valence electrons. The van der Waals surface area contributed by atoms with Crippen molar-refractivity contribution in [3.63, 3.8) is 0 Å². The number of allylic oxidation sites excluding steroid dienone is 1. The second-order valence-corrected chi connectivity index (χ2v) is 38.4. The van der Waals surface area contributed by atoms with E-state index in [0.29, 0.717) is 170 Å². The fourth-order valence-corrected chi connectivity index (χ4v) is 21.4. The molecule has 6 fully saturated rings. The monoisotopic (exact) mass is 2110 g/mol. The van der Waals surface area contributed by atoms with Crippen molar-refractivity contribution in [3.05, 3.63) is 287 Å². The van der Waals surface area contributed by atoms with Gasteiger partial charge in [-0.3, -0.25) is 54.0 Å². The van der Waals surface area contributed by atoms with Crippen molar-refractivity contribution in [2.24, 2.45) is 20.7 Å². The summed E-state index contributed by atoms with van der Waals surface area (Å²) in [4.78, 5) is 171. The molecule has 0 aliphatic carbocycles. The average molecular weight is 2120 g/mol. The summed E-state index contributed by atoms with van der Waals surface area (Å²) < 4.78 is 58.7. The minimum Gasteiger partial charge on any atom is -0.481 e. The summed E-state index contributed by atoms with van der Waals surface area (Å²) in [5, 5.41) is 44.4. The SMILES string of the molecule is COC(=O)C1=C(CN2CCN3C(=O)N(c4ccc(/C(C)=C/C(=O)O)cc4)C[C@@H]3C2)NC(c2nccs2)=N[C@H]1c1ccc(F)cc1Br.COC(=O)C1=C(CN2CCN3C(=O)N(c4ccc(/C=C(\C)C(=O)O)cc4)C[C@@H]3C2)NC(c2nccs2)=N[C@H]1c1ccc(F)cc1Br.COC(=O)C1=C(CN2CCN3C(=O)N(c4ccc(CCC(=O)O)cc4)C[C@@H]3[C@H]2C(N)=O)NC(c2nccs2)=N[C@H]1c1ccc(F)cc1Cl. The van der Waals surface area contributed by atoms with Crippen molar-refractivity contribution in [2.45, 2.75) is 69.0 Å². The summed E-state index contributed by atoms with van der Waals surface area (Å²) in [7, 11) is 3.87. The fraction of sp³-hybridized carbons (Fsp3) is 0.292. The van der Waals surface area contributed by atoms with Crippen molar-refractivity contribution < 1.29 is 90.6 Å². The van der Waals surface area contributed by atoms with Gasteiger partial charge in [0.25, 0.3) is 0 Å². The van der Waals surface area contributed by atoms with E-state index >= 15 is 0 Å². The number of thiazole rings is 3. The van der Waals surface area contributed by atoms with Crippen molar-refractivity contribution in [3.8, 4) is 0 Å². The molecule has 7 amide bonds. The van der Waals surface area contributed by atoms with Crippen LogP contribution in [0.4, 0.5) is 44.6 Å². The van der Waals surface area contributed by atoms with Crippen LogP contribution in [0.2, 0.25) is 5.02 Å². The lowest BCUT2D eigenvalue weighted by atomic mass is 9.94. The number of anilines is 3. The van der Waals surface area contributed by atoms with E-state index in [9.17, 15) is 61.1 Å². The zero-order valence-electron chi connectivity index (χ0n) is 75.5. The molecule has 9 aliphatic rings. The molecule has 140 heavy (non-hydrogen) atoms. The number of primary amides is 1. The van der Waals surface area contributed by atoms with Crippen LogP contribution in [0.5, 0.6) is 0 Å². The first kappa shape index (κ1) is 99.4. The number of benzene rings is 6. The zero-order chi connectivity index (χ0) is 99.2. The van der Waals surface area contributed by atoms with Crippen LogP contribution in [0.1, 0.15) is 86.8 Å². The molecule has 0 unspecified atom stereocenters. The quantitative estimate of drug-likeness (QED) is 0.0150. The maximum Gasteiger partial charge on any atom is 0.338 e. The number of aliphatic imine (C=N–C) groups is 3. The van der Waals surface area contributed by atoms with E-state index in [0.717, 1.165) is 40.2 Å². The Morgan fingerprint density at radius 1 is 0.514 bits per heavy atom. The molecule has 3 aromatic heterocycles. The van der Waals surface area contributed by atoms with E-state index in [1.54, 1.807) is 105 Å². The number of esters is 3. The van der Waals surface area contributed by atoms with Gasteiger partial charge in [0.15, 0.2) is 32.5 Å². The number of carbonyl (C=O) groups is 10. The van der Waals surface area contributed by atoms with Crippen LogP contribution in [0.25, 0.3) is 11.6 Å². The maximum atomic E-state index is 14.0. The first-order valence-corrected chi connectivity index (χ1v) is 48.5. The standard InChI is InChI=1S/2C32H30BrFN6O5S.C32H31ClFN7O6S/c1-18(13-26(41)42)19-3-6-21(7-4-19)40-16-22-15-38(10-11-39(22)32(40)44)17-25-27(31(43)45-2)28(23-8-5-20(34)14-24(23)33)37-29(36-25)30-35-9-12-46-30;1-18(30(41)42)13-19-3-6-21(7-4-19)40-16-22-15-38(10-11-39(22)32(40)44)17-25-26(31(43)45-2)27(23-8-5-20(34)14-24(23)33)37-28(36-25)29-35-9-12-46-29;1-47-31(45)25-22(37-29(30-36-10-13-48-30)38-26(25)20-8-5-18(34)14-21(20)33)15-39-11-12-40-23(27(39)28(35)44)16-41(32(40)46)19-6-2-17(3-7-19)4-9-24(42)43/h3-9,12-14,22,28H,10-11,15-17H2,1-2H3,(H,36,37)(H,41,42);3-9,12-14,22,27H,10-11,15-17H2,1-2H3,(H,36,37)(H,41,42);2-3,5-8,10,13-14,23,26-27H,4,9,11-12,15-16H2,1H3,(H2,35,44)(H,37,38)(H,42,43)/b2*18-13+;/t22-,28-;22-,27-;23-,26+,27+/m001/s1. The predicted octanol–water partition coefficient (Wildman–Crippen LogP) is 12.3. The summed E-state index contributed by atoms with van der Waals surface area (Å²) >= 11 is 17.5. The van der Waals surface area contributed by atoms with Crippen molar-refractivity contribution >= 4 is 184 Å². The number of carboxylic acid groups (broad SMARTS) is 3. The summed E-state index contributed by atoms with van der Waals surface area (Å²) in [6.45, 7) is 8.93. The Morgan fingerprint density at radius 2 is 0.921 bits per heavy atom. The van der Waals surface area contributed by atoms with Crippen LogP contribution < -0.4 is 36.4 Å². The smallest absolute Gasteiger partial charge is 0.338 e. The van der Waals surface area contributed by atoms with Crippen molar-refractivity contribution in [2.75, 3.05) is 128 Å². The molecule has 7 atom stereocenters. The number of amidine groups is 3. The molecule has 0 saturated carbocycles. The number of nitrogens with one attached hydrogen (secondary N) is 3. The average Bonchev–Trinajstić information content (AvgIpc) is 1.50. The number of ether oxygens (including phenoxy) is 3. The molecule has 0 radical (unpaired) electrons. The minimum atomic E-state index is -1.01. The first-order valence-electron chi connectivity index (χ1n) is 43.9. The second-order valence-electron chi connectivity index (χ2n) is 33.6. The van der Waals surface area contributed by atoms with E-state index in [1.165, 1.54) is 98.7 Å². The number of nitrogens with zero attached hydrogens (tertiary/aromatic N) is 15. The van der Waals surface area contributed by atoms with Gasteiger partial charge in [-0.15, -0.1) is 34.0 Å². The summed E-state index contributed by atoms with van der Waals surface area (Å²) in [6.07, 6.45) is 8.05. The molecule has 44 heteroatoms. The number of hydrogen-bond acceptors (Lipinski definition) is 28. The molecule has 8 N–H and O–H groups in total. The Labute approximate surface area is 833 Å². The van der Waals surface area contributed by atoms with E-state index in [-0.39, 0.29) is 78.9 Å². The number of carbonyl (C=O) groups excluding carboxylic acids is 7. The van der Waals surface area contributed by atoms with E-state index < -0.39 is 89.4 Å². The van der Waals surface area contributed by atoms with Gasteiger partial charge in [-0.05, 0) is 133 Å². The Morgan fingerprint density at radius 3 is 1.33 bits per heavy atom. The van der Waals surface area contributed by atoms with Gasteiger partial charge in [0, 0.05) is 192 Å². The van der Waals surface area contributed by atoms with Gasteiger partial charge in [0.2, 0.25) is 5.91 Å². The van der Waals surface area contributed by atoms with E-state index in [1.807, 2.05) is 61.9 Å². The molecule has 0 spiro atoms. The third kappa shape index (κ3) is 21.8. The van der Waals surface area contributed by atoms with Crippen LogP contribution in [0.15, 0.2) is 232 Å². The molecule has 9 aliphatic heterocycles. The normalized spacial score (nSPS) is 20.6. The third-order valence-corrected chi connectivity index (χ3v) is 29.0. The van der Waals surface area contributed by atoms with Crippen LogP contribution in [0.3, 0.4) is 0 Å². The van der Waals surface area contributed by atoms with Gasteiger partial charge < -0.3 is 65.9 Å². The van der Waals surface area contributed by atoms with Crippen LogP contribution in [-0.4, -0.2) is 274 Å². The number of nitrogens with two attached hydrogens (primary N) is 1. The molecule has 9 aromatic rings. The topological polar surface area (TPSA) is 426 Å². The zero-order valence-corrected chi connectivity index (χ0v) is 81.9. The minimum absolute atomic E-state index is 0.00811. The molecule has 12 heterocycles. The predicted molar refractivity (Wildman–Crippen MR) is 525 cm³/mol. The molecular weight excluding hydrogens is 2020 g/mol. The molecule has 6 aromatic carbocycles. The number of aryl methyl sites for hydroxylation is 1. The van der Waals surface area contributed by atoms with Gasteiger partial charge in [0.1, 0.15) is 41.6 Å². The lowest BCUT2D eigenvalue weighted by molar-refractivity contribution is -0.137. The van der Waals surface area contributed by atoms with E-state index in [4.69, 9.17) is 61.8 Å². The van der Waals surface area contributed by atoms with Crippen LogP contribution in [-0.2, 0) is 54.2 Å². The number of halogens is 6. The number of rotatable bonds is 26. The molecule has 35 nitrogen and oxygen atoms in total. The highest BCUT2D eigenvalue weighted by molar-refractivity contribution is 9.10. The Hall–Kier alpha value is -13.7. The number of aromatic nitrogens is 3. The highest BCUT2D eigenvalue weighted by atomic mass is 79.9. The number of methoxy groups -OCH3 is 3. The third-order valence-electron chi connectivity index (χ3n) is 25.0. The number of hydrogen-bond donors (Lipinski definition) is 7. The highest BCUT2D eigenvalue weighted by Crippen LogP contribution is 2.43. The summed E-state index contributed by atoms with van der Waals surface area (Å²) in [5.41, 5.74) is 15.1. The van der Waals surface area contributed by atoms with Crippen molar-refractivity contribution in [1.29, 1.82) is 0 Å². The van der Waals surface area contributed by atoms with Gasteiger partial charge >= 0.3 is 53.9 Å². The summed E-state index contributed by atoms with van der Waals surface area (Å²) in [5.74, 6) is -5.40. The summed E-state index contributed by atoms with van der Waals surface area (Å²) in [6, 6.07) is 29.3. The number of urea groups is 3. The number of carboxylic acids is 3. The number of aliphatic carboxylic acids is 3. The van der Waals surface area contributed by atoms with Gasteiger partial charge in [-0.1, -0.05) is 98.1 Å². The van der Waals surface area contributed by atoms with Crippen LogP contribution >= 0.6 is 77.5 Å². The number of amides is 7. The second kappa shape index (κ2) is 43.4. The lowest BCUT2D eigenvalue weighted by Crippen LogP contribution is -2.64. The molecule has 18 rings (SSSR count). The van der Waals surface area contributed by atoms with Gasteiger partial charge in [-0.2, -0.15) is 0 Å². The Balaban J connectivity index is 0.000000151. The largest absolute Gasteiger partial charge is 0.481 e. The number of piperazine rings is 3. The Bertz CT molecular complexity index is 6620. The number of fused-ring (bicyclic) bond motifs is 3. The van der Waals surface area contributed by atoms with Crippen LogP contribution in [0, 0.1) is 17.5 Å². The van der Waals surface area contributed by atoms with Crippen molar-refractivity contribution in [1.82, 2.24) is 60.3 Å². The maximum absolute atomic E-state index is 14.0. The highest BCUT2D eigenvalue weighted by Gasteiger charge is 2.51. The van der Waals surface area contributed by atoms with Gasteiger partial charge in [-0.25, -0.2) is 66.5 Å². The molecule has 6 saturated heterocycles. The lowest BCUT2D eigenvalue weighted by Gasteiger charge is -2.43. The molecular formula is C96H91Br2ClF3N19O16S3. The molecule has 0 bridgehead atoms. The van der Waals surface area contributed by atoms with Gasteiger partial charge in [0.05, 0.1) is 62.7 Å². The fourth-order valence-electron chi connectivity index (χ4n) is 18.2. The van der Waals surface area contributed by atoms with E-state index in [2.05, 4.69) is 72.6 Å². The first-order chi connectivity index (χ1) is 67.3.